The molecule has 2 aromatic carbocycles. The Bertz CT molecular complexity index is 1220. The first-order valence-corrected chi connectivity index (χ1v) is 10.7. The number of rotatable bonds is 9. The van der Waals surface area contributed by atoms with Crippen molar-refractivity contribution in [2.75, 3.05) is 17.3 Å². The zero-order valence-corrected chi connectivity index (χ0v) is 18.6. The molecule has 0 aliphatic rings. The molecule has 164 valence electrons. The first kappa shape index (κ1) is 21.4. The zero-order chi connectivity index (χ0) is 22.5. The van der Waals surface area contributed by atoms with Crippen LogP contribution < -0.4 is 15.0 Å². The average Bonchev–Trinajstić information content (AvgIpc) is 3.12. The standard InChI is InChI=1S/C25H27N5O2/c1-4-5-6-18-7-9-19(10-8-18)27-25-28-22-15-20(11-12-23(22)30(25)3)32-21-13-14-26-24(16-21)29(2)17-31/h7-17H,4-6H2,1-3H3,(H,27,28). The zero-order valence-electron chi connectivity index (χ0n) is 18.6. The normalized spacial score (nSPS) is 10.8. The molecule has 0 saturated carbocycles. The van der Waals surface area contributed by atoms with Crippen LogP contribution in [0.25, 0.3) is 11.0 Å². The van der Waals surface area contributed by atoms with Crippen molar-refractivity contribution in [3.05, 3.63) is 66.4 Å². The topological polar surface area (TPSA) is 72.3 Å². The lowest BCUT2D eigenvalue weighted by Crippen LogP contribution is -2.14. The Labute approximate surface area is 187 Å². The third kappa shape index (κ3) is 4.72. The highest BCUT2D eigenvalue weighted by Crippen LogP contribution is 2.29. The van der Waals surface area contributed by atoms with Gasteiger partial charge in [0.05, 0.1) is 11.0 Å². The molecule has 7 heteroatoms. The Morgan fingerprint density at radius 2 is 1.88 bits per heavy atom. The summed E-state index contributed by atoms with van der Waals surface area (Å²) in [6.45, 7) is 2.21. The number of hydrogen-bond donors (Lipinski definition) is 1. The van der Waals surface area contributed by atoms with E-state index in [0.29, 0.717) is 23.7 Å². The average molecular weight is 430 g/mol. The summed E-state index contributed by atoms with van der Waals surface area (Å²) < 4.78 is 8.00. The van der Waals surface area contributed by atoms with Crippen LogP contribution in [0.4, 0.5) is 17.5 Å². The first-order chi connectivity index (χ1) is 15.6. The number of carbonyl (C=O) groups excluding carboxylic acids is 1. The molecule has 2 heterocycles. The number of pyridine rings is 1. The van der Waals surface area contributed by atoms with Gasteiger partial charge in [0.25, 0.3) is 0 Å². The quantitative estimate of drug-likeness (QED) is 0.359. The monoisotopic (exact) mass is 429 g/mol. The minimum absolute atomic E-state index is 0.517. The smallest absolute Gasteiger partial charge is 0.215 e. The van der Waals surface area contributed by atoms with E-state index in [-0.39, 0.29) is 0 Å². The molecule has 2 aromatic heterocycles. The lowest BCUT2D eigenvalue weighted by Gasteiger charge is -2.11. The molecular weight excluding hydrogens is 402 g/mol. The Morgan fingerprint density at radius 3 is 2.62 bits per heavy atom. The van der Waals surface area contributed by atoms with Crippen molar-refractivity contribution >= 4 is 34.9 Å². The first-order valence-electron chi connectivity index (χ1n) is 10.7. The molecule has 32 heavy (non-hydrogen) atoms. The van der Waals surface area contributed by atoms with Gasteiger partial charge in [0.2, 0.25) is 12.4 Å². The van der Waals surface area contributed by atoms with E-state index in [1.807, 2.05) is 29.8 Å². The van der Waals surface area contributed by atoms with Crippen LogP contribution in [0.1, 0.15) is 25.3 Å². The molecule has 7 nitrogen and oxygen atoms in total. The number of hydrogen-bond acceptors (Lipinski definition) is 5. The van der Waals surface area contributed by atoms with E-state index in [9.17, 15) is 4.79 Å². The van der Waals surface area contributed by atoms with E-state index >= 15 is 0 Å². The fourth-order valence-electron chi connectivity index (χ4n) is 3.47. The molecule has 4 aromatic rings. The molecule has 0 saturated heterocycles. The van der Waals surface area contributed by atoms with Crippen LogP contribution in [0.2, 0.25) is 0 Å². The molecule has 0 spiro atoms. The van der Waals surface area contributed by atoms with E-state index in [2.05, 4.69) is 41.5 Å². The summed E-state index contributed by atoms with van der Waals surface area (Å²) in [4.78, 5) is 21.3. The highest BCUT2D eigenvalue weighted by atomic mass is 16.5. The summed E-state index contributed by atoms with van der Waals surface area (Å²) >= 11 is 0. The third-order valence-corrected chi connectivity index (χ3v) is 5.35. The maximum atomic E-state index is 11.0. The Hall–Kier alpha value is -3.87. The number of carbonyl (C=O) groups is 1. The number of ether oxygens (including phenoxy) is 1. The van der Waals surface area contributed by atoms with E-state index < -0.39 is 0 Å². The van der Waals surface area contributed by atoms with E-state index in [1.54, 1.807) is 25.4 Å². The van der Waals surface area contributed by atoms with Crippen molar-refractivity contribution in [3.63, 3.8) is 0 Å². The number of unbranched alkanes of at least 4 members (excludes halogenated alkanes) is 1. The fraction of sp³-hybridized carbons (Fsp3) is 0.240. The number of aromatic nitrogens is 3. The summed E-state index contributed by atoms with van der Waals surface area (Å²) in [6, 6.07) is 17.8. The van der Waals surface area contributed by atoms with Gasteiger partial charge in [-0.1, -0.05) is 25.5 Å². The van der Waals surface area contributed by atoms with Crippen LogP contribution in [0.15, 0.2) is 60.8 Å². The van der Waals surface area contributed by atoms with E-state index in [0.717, 1.165) is 29.1 Å². The van der Waals surface area contributed by atoms with Gasteiger partial charge >= 0.3 is 0 Å². The van der Waals surface area contributed by atoms with Crippen molar-refractivity contribution in [2.24, 2.45) is 7.05 Å². The molecule has 0 radical (unpaired) electrons. The van der Waals surface area contributed by atoms with Gasteiger partial charge in [0, 0.05) is 38.1 Å². The predicted octanol–water partition coefficient (Wildman–Crippen LogP) is 5.44. The van der Waals surface area contributed by atoms with Crippen molar-refractivity contribution < 1.29 is 9.53 Å². The third-order valence-electron chi connectivity index (χ3n) is 5.35. The highest BCUT2D eigenvalue weighted by molar-refractivity contribution is 5.81. The van der Waals surface area contributed by atoms with Crippen LogP contribution in [-0.4, -0.2) is 28.0 Å². The lowest BCUT2D eigenvalue weighted by atomic mass is 10.1. The van der Waals surface area contributed by atoms with Gasteiger partial charge in [-0.25, -0.2) is 9.97 Å². The number of aryl methyl sites for hydroxylation is 2. The van der Waals surface area contributed by atoms with Gasteiger partial charge in [0.15, 0.2) is 0 Å². The molecular formula is C25H27N5O2. The fourth-order valence-corrected chi connectivity index (χ4v) is 3.47. The molecule has 0 aliphatic heterocycles. The van der Waals surface area contributed by atoms with E-state index in [1.165, 1.54) is 23.3 Å². The predicted molar refractivity (Wildman–Crippen MR) is 128 cm³/mol. The van der Waals surface area contributed by atoms with Gasteiger partial charge in [-0.05, 0) is 48.7 Å². The second-order valence-electron chi connectivity index (χ2n) is 7.74. The van der Waals surface area contributed by atoms with Crippen molar-refractivity contribution in [1.29, 1.82) is 0 Å². The lowest BCUT2D eigenvalue weighted by molar-refractivity contribution is -0.107. The number of imidazole rings is 1. The Morgan fingerprint density at radius 1 is 1.09 bits per heavy atom. The number of anilines is 3. The SMILES string of the molecule is CCCCc1ccc(Nc2nc3cc(Oc4ccnc(N(C)C=O)c4)ccc3n2C)cc1. The largest absolute Gasteiger partial charge is 0.457 e. The van der Waals surface area contributed by atoms with Crippen LogP contribution in [-0.2, 0) is 18.3 Å². The van der Waals surface area contributed by atoms with Crippen LogP contribution in [0.5, 0.6) is 11.5 Å². The molecule has 0 fully saturated rings. The highest BCUT2D eigenvalue weighted by Gasteiger charge is 2.10. The summed E-state index contributed by atoms with van der Waals surface area (Å²) in [6.07, 6.45) is 5.83. The molecule has 1 amide bonds. The molecule has 0 atom stereocenters. The van der Waals surface area contributed by atoms with Crippen LogP contribution in [0, 0.1) is 0 Å². The van der Waals surface area contributed by atoms with Gasteiger partial charge < -0.3 is 19.5 Å². The Balaban J connectivity index is 1.52. The van der Waals surface area contributed by atoms with Crippen molar-refractivity contribution in [2.45, 2.75) is 26.2 Å². The number of nitrogens with zero attached hydrogens (tertiary/aromatic N) is 4. The maximum absolute atomic E-state index is 11.0. The molecule has 1 N–H and O–H groups in total. The van der Waals surface area contributed by atoms with Gasteiger partial charge in [-0.3, -0.25) is 4.79 Å². The van der Waals surface area contributed by atoms with Crippen LogP contribution >= 0.6 is 0 Å². The van der Waals surface area contributed by atoms with Gasteiger partial charge in [0.1, 0.15) is 17.3 Å². The molecule has 0 aliphatic carbocycles. The minimum Gasteiger partial charge on any atom is -0.457 e. The number of amides is 1. The van der Waals surface area contributed by atoms with Crippen molar-refractivity contribution in [3.8, 4) is 11.5 Å². The minimum atomic E-state index is 0.517. The summed E-state index contributed by atoms with van der Waals surface area (Å²) in [5, 5.41) is 3.40. The van der Waals surface area contributed by atoms with Gasteiger partial charge in [-0.2, -0.15) is 0 Å². The van der Waals surface area contributed by atoms with E-state index in [4.69, 9.17) is 9.72 Å². The second kappa shape index (κ2) is 9.51. The number of fused-ring (bicyclic) bond motifs is 1. The summed E-state index contributed by atoms with van der Waals surface area (Å²) in [5.74, 6) is 2.54. The van der Waals surface area contributed by atoms with Gasteiger partial charge in [-0.15, -0.1) is 0 Å². The molecule has 4 rings (SSSR count). The Kier molecular flexibility index (Phi) is 6.35. The molecule has 0 bridgehead atoms. The maximum Gasteiger partial charge on any atom is 0.215 e. The summed E-state index contributed by atoms with van der Waals surface area (Å²) in [5.41, 5.74) is 4.17. The number of nitrogens with one attached hydrogen (secondary N) is 1. The summed E-state index contributed by atoms with van der Waals surface area (Å²) in [7, 11) is 3.63. The molecule has 0 unspecified atom stereocenters. The second-order valence-corrected chi connectivity index (χ2v) is 7.74. The van der Waals surface area contributed by atoms with Crippen molar-refractivity contribution in [1.82, 2.24) is 14.5 Å². The number of benzene rings is 2. The van der Waals surface area contributed by atoms with Crippen LogP contribution in [0.3, 0.4) is 0 Å².